The molecule has 0 bridgehead atoms. The van der Waals surface area contributed by atoms with Crippen LogP contribution in [0.3, 0.4) is 0 Å². The van der Waals surface area contributed by atoms with Crippen molar-refractivity contribution in [2.45, 2.75) is 72.5 Å². The third kappa shape index (κ3) is 5.61. The molecule has 8 heteroatoms. The summed E-state index contributed by atoms with van der Waals surface area (Å²) in [7, 11) is 0. The highest BCUT2D eigenvalue weighted by molar-refractivity contribution is 5.92. The van der Waals surface area contributed by atoms with Gasteiger partial charge in [-0.3, -0.25) is 14.4 Å². The molecule has 1 aromatic carbocycles. The predicted molar refractivity (Wildman–Crippen MR) is 125 cm³/mol. The largest absolute Gasteiger partial charge is 0.443 e. The molecule has 1 aliphatic rings. The molecule has 33 heavy (non-hydrogen) atoms. The molecule has 1 aliphatic heterocycles. The minimum absolute atomic E-state index is 0.181. The van der Waals surface area contributed by atoms with Crippen molar-refractivity contribution in [3.8, 4) is 11.3 Å². The van der Waals surface area contributed by atoms with Gasteiger partial charge in [-0.15, -0.1) is 0 Å². The topological polar surface area (TPSA) is 105 Å². The summed E-state index contributed by atoms with van der Waals surface area (Å²) in [6.45, 7) is 11.4. The molecule has 1 saturated heterocycles. The van der Waals surface area contributed by atoms with Gasteiger partial charge < -0.3 is 20.0 Å². The fraction of sp³-hybridized carbons (Fsp3) is 0.520. The molecule has 1 fully saturated rings. The number of carbonyl (C=O) groups is 3. The lowest BCUT2D eigenvalue weighted by molar-refractivity contribution is -0.143. The van der Waals surface area contributed by atoms with Gasteiger partial charge in [0.25, 0.3) is 0 Å². The van der Waals surface area contributed by atoms with E-state index in [1.807, 2.05) is 58.9 Å². The van der Waals surface area contributed by atoms with Crippen molar-refractivity contribution in [3.63, 3.8) is 0 Å². The standard InChI is InChI=1S/C25H34N4O4/c1-15(18-9-11-19(12-10-18)21-16(2)26-14-33-21)27-23(31)20-8-7-13-29(20)24(32)22(25(4,5)6)28-17(3)30/h9-12,14-15,20,22H,7-8,13H2,1-6H3,(H,27,31)(H,28,30)/t15-,20-,22+/m0/s1. The minimum atomic E-state index is -0.687. The molecule has 3 rings (SSSR count). The Morgan fingerprint density at radius 2 is 1.82 bits per heavy atom. The average Bonchev–Trinajstić information content (AvgIpc) is 3.40. The van der Waals surface area contributed by atoms with Crippen molar-refractivity contribution in [3.05, 3.63) is 41.9 Å². The first-order chi connectivity index (χ1) is 15.5. The molecule has 3 amide bonds. The lowest BCUT2D eigenvalue weighted by Crippen LogP contribution is -2.57. The van der Waals surface area contributed by atoms with Gasteiger partial charge in [-0.25, -0.2) is 4.98 Å². The number of nitrogens with one attached hydrogen (secondary N) is 2. The molecule has 0 saturated carbocycles. The minimum Gasteiger partial charge on any atom is -0.443 e. The number of oxazole rings is 1. The number of nitrogens with zero attached hydrogens (tertiary/aromatic N) is 2. The summed E-state index contributed by atoms with van der Waals surface area (Å²) in [6, 6.07) is 6.32. The Morgan fingerprint density at radius 3 is 2.36 bits per heavy atom. The first kappa shape index (κ1) is 24.5. The van der Waals surface area contributed by atoms with Gasteiger partial charge in [0.1, 0.15) is 12.1 Å². The number of hydrogen-bond acceptors (Lipinski definition) is 5. The second-order valence-corrected chi connectivity index (χ2v) is 9.81. The quantitative estimate of drug-likeness (QED) is 0.696. The smallest absolute Gasteiger partial charge is 0.246 e. The lowest BCUT2D eigenvalue weighted by atomic mass is 9.85. The Kier molecular flexibility index (Phi) is 7.25. The molecule has 0 radical (unpaired) electrons. The molecule has 1 aromatic heterocycles. The van der Waals surface area contributed by atoms with E-state index in [4.69, 9.17) is 4.42 Å². The summed E-state index contributed by atoms with van der Waals surface area (Å²) in [5, 5.41) is 5.82. The molecule has 2 N–H and O–H groups in total. The summed E-state index contributed by atoms with van der Waals surface area (Å²) < 4.78 is 5.44. The van der Waals surface area contributed by atoms with Crippen molar-refractivity contribution in [1.82, 2.24) is 20.5 Å². The fourth-order valence-electron chi connectivity index (χ4n) is 4.22. The van der Waals surface area contributed by atoms with Crippen molar-refractivity contribution < 1.29 is 18.8 Å². The Morgan fingerprint density at radius 1 is 1.15 bits per heavy atom. The van der Waals surface area contributed by atoms with Crippen LogP contribution in [0.15, 0.2) is 35.1 Å². The summed E-state index contributed by atoms with van der Waals surface area (Å²) in [6.07, 6.45) is 2.78. The number of carbonyl (C=O) groups excluding carboxylic acids is 3. The average molecular weight is 455 g/mol. The van der Waals surface area contributed by atoms with Crippen LogP contribution >= 0.6 is 0 Å². The van der Waals surface area contributed by atoms with Crippen LogP contribution in [0.4, 0.5) is 0 Å². The fourth-order valence-corrected chi connectivity index (χ4v) is 4.22. The number of benzene rings is 1. The maximum atomic E-state index is 13.3. The van der Waals surface area contributed by atoms with E-state index in [2.05, 4.69) is 15.6 Å². The number of rotatable bonds is 6. The van der Waals surface area contributed by atoms with Gasteiger partial charge in [-0.2, -0.15) is 0 Å². The van der Waals surface area contributed by atoms with E-state index in [0.717, 1.165) is 29.0 Å². The molecule has 3 atom stereocenters. The summed E-state index contributed by atoms with van der Waals surface area (Å²) in [5.74, 6) is 0.0701. The van der Waals surface area contributed by atoms with Crippen LogP contribution in [0.5, 0.6) is 0 Å². The molecule has 0 spiro atoms. The predicted octanol–water partition coefficient (Wildman–Crippen LogP) is 3.37. The summed E-state index contributed by atoms with van der Waals surface area (Å²) in [4.78, 5) is 43.8. The Balaban J connectivity index is 1.69. The Hall–Kier alpha value is -3.16. The van der Waals surface area contributed by atoms with Crippen LogP contribution in [-0.4, -0.2) is 46.2 Å². The molecule has 0 unspecified atom stereocenters. The SMILES string of the molecule is CC(=O)N[C@H](C(=O)N1CCC[C@H]1C(=O)N[C@@H](C)c1ccc(-c2ocnc2C)cc1)C(C)(C)C. The maximum absolute atomic E-state index is 13.3. The van der Waals surface area contributed by atoms with E-state index in [9.17, 15) is 14.4 Å². The summed E-state index contributed by atoms with van der Waals surface area (Å²) >= 11 is 0. The van der Waals surface area contributed by atoms with Crippen molar-refractivity contribution in [1.29, 1.82) is 0 Å². The van der Waals surface area contributed by atoms with Crippen LogP contribution in [-0.2, 0) is 14.4 Å². The van der Waals surface area contributed by atoms with Crippen LogP contribution in [0.2, 0.25) is 0 Å². The van der Waals surface area contributed by atoms with Crippen LogP contribution < -0.4 is 10.6 Å². The second kappa shape index (κ2) is 9.77. The molecular weight excluding hydrogens is 420 g/mol. The van der Waals surface area contributed by atoms with Gasteiger partial charge in [-0.1, -0.05) is 45.0 Å². The molecule has 0 aliphatic carbocycles. The molecule has 2 aromatic rings. The van der Waals surface area contributed by atoms with Crippen LogP contribution in [0.1, 0.15) is 64.8 Å². The number of likely N-dealkylation sites (tertiary alicyclic amines) is 1. The third-order valence-electron chi connectivity index (χ3n) is 6.08. The molecular formula is C25H34N4O4. The first-order valence-electron chi connectivity index (χ1n) is 11.4. The summed E-state index contributed by atoms with van der Waals surface area (Å²) in [5.41, 5.74) is 2.23. The van der Waals surface area contributed by atoms with Gasteiger partial charge in [0.2, 0.25) is 17.7 Å². The maximum Gasteiger partial charge on any atom is 0.246 e. The van der Waals surface area contributed by atoms with Crippen molar-refractivity contribution in [2.75, 3.05) is 6.54 Å². The van der Waals surface area contributed by atoms with E-state index < -0.39 is 17.5 Å². The zero-order valence-electron chi connectivity index (χ0n) is 20.3. The van der Waals surface area contributed by atoms with Gasteiger partial charge in [0, 0.05) is 19.0 Å². The van der Waals surface area contributed by atoms with Crippen molar-refractivity contribution >= 4 is 17.7 Å². The molecule has 8 nitrogen and oxygen atoms in total. The highest BCUT2D eigenvalue weighted by atomic mass is 16.3. The van der Waals surface area contributed by atoms with E-state index >= 15 is 0 Å². The van der Waals surface area contributed by atoms with E-state index in [1.54, 1.807) is 4.90 Å². The highest BCUT2D eigenvalue weighted by Gasteiger charge is 2.41. The van der Waals surface area contributed by atoms with Gasteiger partial charge in [-0.05, 0) is 37.7 Å². The Labute approximate surface area is 195 Å². The molecule has 178 valence electrons. The number of aryl methyl sites for hydroxylation is 1. The first-order valence-corrected chi connectivity index (χ1v) is 11.4. The number of aromatic nitrogens is 1. The molecule has 2 heterocycles. The van der Waals surface area contributed by atoms with E-state index in [0.29, 0.717) is 13.0 Å². The normalized spacial score (nSPS) is 18.0. The van der Waals surface area contributed by atoms with E-state index in [1.165, 1.54) is 13.3 Å². The van der Waals surface area contributed by atoms with Gasteiger partial charge in [0.05, 0.1) is 11.7 Å². The second-order valence-electron chi connectivity index (χ2n) is 9.81. The third-order valence-corrected chi connectivity index (χ3v) is 6.08. The van der Waals surface area contributed by atoms with Gasteiger partial charge in [0.15, 0.2) is 12.2 Å². The monoisotopic (exact) mass is 454 g/mol. The lowest BCUT2D eigenvalue weighted by Gasteiger charge is -2.35. The number of hydrogen-bond donors (Lipinski definition) is 2. The van der Waals surface area contributed by atoms with Gasteiger partial charge >= 0.3 is 0 Å². The van der Waals surface area contributed by atoms with Crippen molar-refractivity contribution in [2.24, 2.45) is 5.41 Å². The zero-order valence-corrected chi connectivity index (χ0v) is 20.3. The number of amides is 3. The van der Waals surface area contributed by atoms with Crippen LogP contribution in [0.25, 0.3) is 11.3 Å². The highest BCUT2D eigenvalue weighted by Crippen LogP contribution is 2.27. The Bertz CT molecular complexity index is 1010. The zero-order chi connectivity index (χ0) is 24.3. The van der Waals surface area contributed by atoms with E-state index in [-0.39, 0.29) is 23.8 Å². The van der Waals surface area contributed by atoms with Crippen LogP contribution in [0, 0.1) is 12.3 Å².